The van der Waals surface area contributed by atoms with E-state index in [0.717, 1.165) is 37.0 Å². The summed E-state index contributed by atoms with van der Waals surface area (Å²) in [6, 6.07) is 0. The van der Waals surface area contributed by atoms with Crippen molar-refractivity contribution in [3.63, 3.8) is 0 Å². The second kappa shape index (κ2) is 7.03. The molecule has 1 atom stereocenters. The van der Waals surface area contributed by atoms with Gasteiger partial charge in [-0.25, -0.2) is 0 Å². The van der Waals surface area contributed by atoms with Crippen molar-refractivity contribution in [1.82, 2.24) is 5.16 Å². The highest BCUT2D eigenvalue weighted by atomic mass is 16.6. The minimum absolute atomic E-state index is 0.214. The zero-order valence-electron chi connectivity index (χ0n) is 12.3. The first-order valence-electron chi connectivity index (χ1n) is 6.77. The van der Waals surface area contributed by atoms with Gasteiger partial charge >= 0.3 is 0 Å². The van der Waals surface area contributed by atoms with Crippen molar-refractivity contribution in [2.24, 2.45) is 0 Å². The number of aliphatic hydroxyl groups excluding tert-OH is 2. The molecule has 0 amide bonds. The average molecular weight is 271 g/mol. The van der Waals surface area contributed by atoms with Gasteiger partial charge in [-0.2, -0.15) is 0 Å². The maximum absolute atomic E-state index is 10.1. The van der Waals surface area contributed by atoms with Crippen LogP contribution in [0.2, 0.25) is 0 Å². The predicted molar refractivity (Wildman–Crippen MR) is 71.7 cm³/mol. The number of hydrogen-bond donors (Lipinski definition) is 2. The second-order valence-corrected chi connectivity index (χ2v) is 5.72. The molecule has 0 fully saturated rings. The van der Waals surface area contributed by atoms with Crippen molar-refractivity contribution in [2.75, 3.05) is 6.61 Å². The number of rotatable bonds is 7. The molecule has 2 N–H and O–H groups in total. The molecule has 19 heavy (non-hydrogen) atoms. The van der Waals surface area contributed by atoms with Gasteiger partial charge in [-0.3, -0.25) is 0 Å². The van der Waals surface area contributed by atoms with Crippen LogP contribution in [0.1, 0.15) is 63.3 Å². The Balaban J connectivity index is 2.68. The number of unbranched alkanes of at least 4 members (excludes halogenated alkanes) is 2. The molecule has 1 rings (SSSR count). The summed E-state index contributed by atoms with van der Waals surface area (Å²) in [5, 5.41) is 22.7. The van der Waals surface area contributed by atoms with Gasteiger partial charge in [-0.05, 0) is 47.0 Å². The Kier molecular flexibility index (Phi) is 5.97. The summed E-state index contributed by atoms with van der Waals surface area (Å²) in [6.07, 6.45) is 2.37. The zero-order valence-corrected chi connectivity index (χ0v) is 12.3. The number of nitrogens with zero attached hydrogens (tertiary/aromatic N) is 1. The number of hydrogen-bond acceptors (Lipinski definition) is 5. The first kappa shape index (κ1) is 16.1. The highest BCUT2D eigenvalue weighted by molar-refractivity contribution is 5.23. The lowest BCUT2D eigenvalue weighted by atomic mass is 10.0. The molecule has 0 spiro atoms. The summed E-state index contributed by atoms with van der Waals surface area (Å²) >= 11 is 0. The molecule has 110 valence electrons. The Morgan fingerprint density at radius 1 is 1.26 bits per heavy atom. The zero-order chi connectivity index (χ0) is 14.5. The molecule has 0 saturated heterocycles. The topological polar surface area (TPSA) is 75.7 Å². The average Bonchev–Trinajstić information content (AvgIpc) is 2.64. The number of aromatic nitrogens is 1. The van der Waals surface area contributed by atoms with Gasteiger partial charge in [-0.15, -0.1) is 0 Å². The SMILES string of the molecule is Cc1onc(C(O)OC(C)(C)C)c1CCCCCO. The normalized spacial score (nSPS) is 13.8. The molecule has 0 radical (unpaired) electrons. The molecular weight excluding hydrogens is 246 g/mol. The molecular formula is C14H25NO4. The van der Waals surface area contributed by atoms with Gasteiger partial charge in [0.05, 0.1) is 5.60 Å². The van der Waals surface area contributed by atoms with Crippen molar-refractivity contribution in [1.29, 1.82) is 0 Å². The van der Waals surface area contributed by atoms with Crippen LogP contribution in [-0.2, 0) is 11.2 Å². The minimum Gasteiger partial charge on any atom is -0.396 e. The van der Waals surface area contributed by atoms with Crippen molar-refractivity contribution in [3.05, 3.63) is 17.0 Å². The summed E-state index contributed by atoms with van der Waals surface area (Å²) in [5.74, 6) is 0.718. The summed E-state index contributed by atoms with van der Waals surface area (Å²) < 4.78 is 10.6. The molecule has 0 aliphatic rings. The lowest BCUT2D eigenvalue weighted by molar-refractivity contribution is -0.172. The highest BCUT2D eigenvalue weighted by Crippen LogP contribution is 2.26. The monoisotopic (exact) mass is 271 g/mol. The smallest absolute Gasteiger partial charge is 0.202 e. The van der Waals surface area contributed by atoms with Crippen molar-refractivity contribution < 1.29 is 19.5 Å². The van der Waals surface area contributed by atoms with E-state index in [1.54, 1.807) is 0 Å². The van der Waals surface area contributed by atoms with Crippen molar-refractivity contribution in [2.45, 2.75) is 65.3 Å². The highest BCUT2D eigenvalue weighted by Gasteiger charge is 2.24. The Morgan fingerprint density at radius 3 is 2.53 bits per heavy atom. The van der Waals surface area contributed by atoms with Gasteiger partial charge in [0.2, 0.25) is 6.29 Å². The summed E-state index contributed by atoms with van der Waals surface area (Å²) in [4.78, 5) is 0. The number of ether oxygens (including phenoxy) is 1. The maximum Gasteiger partial charge on any atom is 0.202 e. The van der Waals surface area contributed by atoms with Crippen molar-refractivity contribution >= 4 is 0 Å². The van der Waals surface area contributed by atoms with Crippen LogP contribution in [0, 0.1) is 6.92 Å². The molecule has 1 unspecified atom stereocenters. The molecule has 0 aliphatic carbocycles. The van der Waals surface area contributed by atoms with Gasteiger partial charge in [0.1, 0.15) is 11.5 Å². The summed E-state index contributed by atoms with van der Waals surface area (Å²) in [5.41, 5.74) is 0.937. The van der Waals surface area contributed by atoms with E-state index in [1.807, 2.05) is 27.7 Å². The molecule has 0 bridgehead atoms. The van der Waals surface area contributed by atoms with Gasteiger partial charge < -0.3 is 19.5 Å². The predicted octanol–water partition coefficient (Wildman–Crippen LogP) is 2.49. The fraction of sp³-hybridized carbons (Fsp3) is 0.786. The van der Waals surface area contributed by atoms with E-state index in [0.29, 0.717) is 5.69 Å². The van der Waals surface area contributed by atoms with Gasteiger partial charge in [0.25, 0.3) is 0 Å². The lowest BCUT2D eigenvalue weighted by Crippen LogP contribution is -2.23. The van der Waals surface area contributed by atoms with Crippen LogP contribution >= 0.6 is 0 Å². The quantitative estimate of drug-likeness (QED) is 0.588. The van der Waals surface area contributed by atoms with E-state index in [1.165, 1.54) is 0 Å². The first-order valence-corrected chi connectivity index (χ1v) is 6.77. The number of aliphatic hydroxyl groups is 2. The second-order valence-electron chi connectivity index (χ2n) is 5.72. The van der Waals surface area contributed by atoms with Crippen LogP contribution in [0.15, 0.2) is 4.52 Å². The first-order chi connectivity index (χ1) is 8.85. The molecule has 0 saturated carbocycles. The number of aryl methyl sites for hydroxylation is 1. The van der Waals surface area contributed by atoms with Crippen LogP contribution < -0.4 is 0 Å². The van der Waals surface area contributed by atoms with Gasteiger partial charge in [0, 0.05) is 12.2 Å². The van der Waals surface area contributed by atoms with Crippen LogP contribution in [0.3, 0.4) is 0 Å². The Labute approximate surface area is 114 Å². The van der Waals surface area contributed by atoms with E-state index in [9.17, 15) is 5.11 Å². The van der Waals surface area contributed by atoms with Crippen LogP contribution in [0.25, 0.3) is 0 Å². The van der Waals surface area contributed by atoms with E-state index in [4.69, 9.17) is 14.4 Å². The minimum atomic E-state index is -1.06. The Morgan fingerprint density at radius 2 is 1.95 bits per heavy atom. The summed E-state index contributed by atoms with van der Waals surface area (Å²) in [6.45, 7) is 7.69. The Bertz CT molecular complexity index is 381. The molecule has 5 heteroatoms. The lowest BCUT2D eigenvalue weighted by Gasteiger charge is -2.23. The van der Waals surface area contributed by atoms with Gasteiger partial charge in [0.15, 0.2) is 0 Å². The molecule has 1 heterocycles. The molecule has 1 aromatic heterocycles. The fourth-order valence-electron chi connectivity index (χ4n) is 1.89. The molecule has 0 aliphatic heterocycles. The van der Waals surface area contributed by atoms with E-state index < -0.39 is 11.9 Å². The molecule has 0 aromatic carbocycles. The van der Waals surface area contributed by atoms with E-state index in [2.05, 4.69) is 5.16 Å². The Hall–Kier alpha value is -0.910. The van der Waals surface area contributed by atoms with E-state index >= 15 is 0 Å². The van der Waals surface area contributed by atoms with Gasteiger partial charge in [-0.1, -0.05) is 11.6 Å². The maximum atomic E-state index is 10.1. The fourth-order valence-corrected chi connectivity index (χ4v) is 1.89. The third-order valence-corrected chi connectivity index (χ3v) is 2.80. The van der Waals surface area contributed by atoms with Crippen LogP contribution in [0.5, 0.6) is 0 Å². The van der Waals surface area contributed by atoms with Crippen LogP contribution in [0.4, 0.5) is 0 Å². The summed E-state index contributed by atoms with van der Waals surface area (Å²) in [7, 11) is 0. The van der Waals surface area contributed by atoms with E-state index in [-0.39, 0.29) is 6.61 Å². The third-order valence-electron chi connectivity index (χ3n) is 2.80. The molecule has 1 aromatic rings. The third kappa shape index (κ3) is 5.30. The molecule has 5 nitrogen and oxygen atoms in total. The van der Waals surface area contributed by atoms with Crippen LogP contribution in [-0.4, -0.2) is 27.6 Å². The largest absolute Gasteiger partial charge is 0.396 e. The standard InChI is InChI=1S/C14H25NO4/c1-10-11(8-6-5-7-9-16)12(15-19-10)13(17)18-14(2,3)4/h13,16-17H,5-9H2,1-4H3. The van der Waals surface area contributed by atoms with Crippen molar-refractivity contribution in [3.8, 4) is 0 Å².